The topological polar surface area (TPSA) is 112 Å². The second-order valence-corrected chi connectivity index (χ2v) is 5.85. The van der Waals surface area contributed by atoms with Crippen LogP contribution >= 0.6 is 0 Å². The third-order valence-corrected chi connectivity index (χ3v) is 4.16. The molecule has 1 atom stereocenters. The molecular weight excluding hydrogens is 258 g/mol. The number of nitrogens with zero attached hydrogens (tertiary/aromatic N) is 1. The quantitative estimate of drug-likeness (QED) is 0.676. The fourth-order valence-corrected chi connectivity index (χ4v) is 2.97. The minimum atomic E-state index is -3.59. The van der Waals surface area contributed by atoms with E-state index in [1.165, 1.54) is 6.20 Å². The van der Waals surface area contributed by atoms with E-state index in [2.05, 4.69) is 14.9 Å². The zero-order valence-electron chi connectivity index (χ0n) is 10.3. The molecule has 0 aliphatic rings. The number of aromatic nitrogens is 2. The van der Waals surface area contributed by atoms with Gasteiger partial charge in [-0.3, -0.25) is 9.89 Å². The van der Waals surface area contributed by atoms with E-state index in [4.69, 9.17) is 5.11 Å². The molecule has 1 unspecified atom stereocenters. The van der Waals surface area contributed by atoms with Crippen LogP contribution in [-0.2, 0) is 14.8 Å². The molecule has 1 aromatic heterocycles. The van der Waals surface area contributed by atoms with E-state index in [1.807, 2.05) is 0 Å². The predicted octanol–water partition coefficient (Wildman–Crippen LogP) is 0.640. The van der Waals surface area contributed by atoms with Crippen LogP contribution in [0.5, 0.6) is 0 Å². The summed E-state index contributed by atoms with van der Waals surface area (Å²) in [6, 6.07) is -0.316. The molecule has 0 aliphatic carbocycles. The maximum atomic E-state index is 11.9. The first-order valence-electron chi connectivity index (χ1n) is 5.57. The minimum absolute atomic E-state index is 0.0385. The number of sulfonamides is 1. The Morgan fingerprint density at radius 3 is 2.78 bits per heavy atom. The SMILES string of the molecule is Cc1[nH]ncc1S(=O)(=O)NC(C)CCCC(=O)O. The zero-order chi connectivity index (χ0) is 13.8. The van der Waals surface area contributed by atoms with Crippen LogP contribution in [-0.4, -0.2) is 35.7 Å². The third kappa shape index (κ3) is 4.11. The summed E-state index contributed by atoms with van der Waals surface area (Å²) in [6.45, 7) is 3.32. The van der Waals surface area contributed by atoms with Crippen LogP contribution in [0.4, 0.5) is 0 Å². The molecule has 0 saturated carbocycles. The molecular formula is C10H17N3O4S. The van der Waals surface area contributed by atoms with Crippen LogP contribution in [0, 0.1) is 6.92 Å². The highest BCUT2D eigenvalue weighted by atomic mass is 32.2. The Morgan fingerprint density at radius 1 is 1.61 bits per heavy atom. The first-order valence-corrected chi connectivity index (χ1v) is 7.05. The van der Waals surface area contributed by atoms with Gasteiger partial charge in [0.05, 0.1) is 11.9 Å². The molecule has 0 spiro atoms. The highest BCUT2D eigenvalue weighted by Crippen LogP contribution is 2.12. The number of hydrogen-bond donors (Lipinski definition) is 3. The first kappa shape index (κ1) is 14.7. The van der Waals surface area contributed by atoms with Gasteiger partial charge in [-0.2, -0.15) is 5.10 Å². The van der Waals surface area contributed by atoms with Gasteiger partial charge < -0.3 is 5.11 Å². The van der Waals surface area contributed by atoms with Gasteiger partial charge >= 0.3 is 5.97 Å². The monoisotopic (exact) mass is 275 g/mol. The molecule has 3 N–H and O–H groups in total. The summed E-state index contributed by atoms with van der Waals surface area (Å²) in [4.78, 5) is 10.5. The summed E-state index contributed by atoms with van der Waals surface area (Å²) in [5, 5.41) is 14.7. The number of rotatable bonds is 7. The van der Waals surface area contributed by atoms with Crippen molar-refractivity contribution in [1.29, 1.82) is 0 Å². The Morgan fingerprint density at radius 2 is 2.28 bits per heavy atom. The van der Waals surface area contributed by atoms with Crippen LogP contribution in [0.2, 0.25) is 0 Å². The molecule has 8 heteroatoms. The summed E-state index contributed by atoms with van der Waals surface area (Å²) < 4.78 is 26.4. The number of aliphatic carboxylic acids is 1. The Balaban J connectivity index is 2.56. The van der Waals surface area contributed by atoms with Crippen molar-refractivity contribution in [1.82, 2.24) is 14.9 Å². The molecule has 7 nitrogen and oxygen atoms in total. The summed E-state index contributed by atoms with van der Waals surface area (Å²) >= 11 is 0. The van der Waals surface area contributed by atoms with Crippen molar-refractivity contribution < 1.29 is 18.3 Å². The number of carbonyl (C=O) groups is 1. The molecule has 0 aliphatic heterocycles. The Kier molecular flexibility index (Phi) is 4.85. The lowest BCUT2D eigenvalue weighted by Gasteiger charge is -2.13. The molecule has 0 amide bonds. The van der Waals surface area contributed by atoms with E-state index in [0.29, 0.717) is 18.5 Å². The lowest BCUT2D eigenvalue weighted by atomic mass is 10.1. The largest absolute Gasteiger partial charge is 0.481 e. The van der Waals surface area contributed by atoms with Gasteiger partial charge in [-0.15, -0.1) is 0 Å². The maximum Gasteiger partial charge on any atom is 0.303 e. The van der Waals surface area contributed by atoms with Crippen LogP contribution in [0.1, 0.15) is 31.9 Å². The summed E-state index contributed by atoms with van der Waals surface area (Å²) in [5.74, 6) is -0.879. The number of hydrogen-bond acceptors (Lipinski definition) is 4. The van der Waals surface area contributed by atoms with Crippen LogP contribution < -0.4 is 4.72 Å². The Labute approximate surface area is 106 Å². The average molecular weight is 275 g/mol. The average Bonchev–Trinajstić information content (AvgIpc) is 2.63. The number of aryl methyl sites for hydroxylation is 1. The van der Waals surface area contributed by atoms with Gasteiger partial charge in [0.15, 0.2) is 0 Å². The van der Waals surface area contributed by atoms with Crippen molar-refractivity contribution in [2.24, 2.45) is 0 Å². The molecule has 102 valence electrons. The van der Waals surface area contributed by atoms with Crippen molar-refractivity contribution in [2.45, 2.75) is 44.0 Å². The first-order chi connectivity index (χ1) is 8.33. The smallest absolute Gasteiger partial charge is 0.303 e. The molecule has 0 aromatic carbocycles. The van der Waals surface area contributed by atoms with Crippen molar-refractivity contribution >= 4 is 16.0 Å². The molecule has 0 radical (unpaired) electrons. The normalized spacial score (nSPS) is 13.4. The van der Waals surface area contributed by atoms with E-state index in [0.717, 1.165) is 0 Å². The Bertz CT molecular complexity index is 509. The fraction of sp³-hybridized carbons (Fsp3) is 0.600. The summed E-state index contributed by atoms with van der Waals surface area (Å²) in [7, 11) is -3.59. The van der Waals surface area contributed by atoms with Gasteiger partial charge in [0.1, 0.15) is 4.90 Å². The molecule has 0 bridgehead atoms. The number of nitrogens with one attached hydrogen (secondary N) is 2. The lowest BCUT2D eigenvalue weighted by Crippen LogP contribution is -2.32. The Hall–Kier alpha value is -1.41. The van der Waals surface area contributed by atoms with E-state index >= 15 is 0 Å². The summed E-state index contributed by atoms with van der Waals surface area (Å²) in [6.07, 6.45) is 2.20. The third-order valence-electron chi connectivity index (χ3n) is 2.46. The van der Waals surface area contributed by atoms with Crippen LogP contribution in [0.25, 0.3) is 0 Å². The zero-order valence-corrected chi connectivity index (χ0v) is 11.1. The van der Waals surface area contributed by atoms with Crippen molar-refractivity contribution in [3.8, 4) is 0 Å². The van der Waals surface area contributed by atoms with Crippen molar-refractivity contribution in [2.75, 3.05) is 0 Å². The van der Waals surface area contributed by atoms with Gasteiger partial charge in [0.25, 0.3) is 0 Å². The maximum absolute atomic E-state index is 11.9. The van der Waals surface area contributed by atoms with E-state index in [1.54, 1.807) is 13.8 Å². The number of H-pyrrole nitrogens is 1. The highest BCUT2D eigenvalue weighted by Gasteiger charge is 2.20. The summed E-state index contributed by atoms with van der Waals surface area (Å²) in [5.41, 5.74) is 0.472. The van der Waals surface area contributed by atoms with E-state index in [-0.39, 0.29) is 17.4 Å². The fourth-order valence-electron chi connectivity index (χ4n) is 1.56. The minimum Gasteiger partial charge on any atom is -0.481 e. The second-order valence-electron chi connectivity index (χ2n) is 4.17. The molecule has 1 heterocycles. The van der Waals surface area contributed by atoms with Gasteiger partial charge in [-0.05, 0) is 26.7 Å². The van der Waals surface area contributed by atoms with Crippen LogP contribution in [0.3, 0.4) is 0 Å². The lowest BCUT2D eigenvalue weighted by molar-refractivity contribution is -0.137. The second kappa shape index (κ2) is 5.96. The van der Waals surface area contributed by atoms with Gasteiger partial charge in [-0.25, -0.2) is 13.1 Å². The molecule has 0 fully saturated rings. The molecule has 1 rings (SSSR count). The number of carboxylic acids is 1. The number of aromatic amines is 1. The van der Waals surface area contributed by atoms with Gasteiger partial charge in [0.2, 0.25) is 10.0 Å². The molecule has 1 aromatic rings. The molecule has 18 heavy (non-hydrogen) atoms. The highest BCUT2D eigenvalue weighted by molar-refractivity contribution is 7.89. The van der Waals surface area contributed by atoms with E-state index < -0.39 is 16.0 Å². The standard InChI is InChI=1S/C10H17N3O4S/c1-7(4-3-5-10(14)15)13-18(16,17)9-6-11-12-8(9)2/h6-7,13H,3-5H2,1-2H3,(H,11,12)(H,14,15). The van der Waals surface area contributed by atoms with Crippen molar-refractivity contribution in [3.05, 3.63) is 11.9 Å². The molecule has 0 saturated heterocycles. The van der Waals surface area contributed by atoms with Gasteiger partial charge in [0, 0.05) is 12.5 Å². The van der Waals surface area contributed by atoms with Crippen molar-refractivity contribution in [3.63, 3.8) is 0 Å². The van der Waals surface area contributed by atoms with E-state index in [9.17, 15) is 13.2 Å². The van der Waals surface area contributed by atoms with Crippen LogP contribution in [0.15, 0.2) is 11.1 Å². The predicted molar refractivity (Wildman–Crippen MR) is 64.6 cm³/mol. The van der Waals surface area contributed by atoms with Gasteiger partial charge in [-0.1, -0.05) is 0 Å². The number of carboxylic acid groups (broad SMARTS) is 1.